The Morgan fingerprint density at radius 3 is 1.90 bits per heavy atom. The largest absolute Gasteiger partial charge is 0.456 e. The highest BCUT2D eigenvalue weighted by Gasteiger charge is 2.26. The average Bonchev–Trinajstić information content (AvgIpc) is 1.61. The molecule has 1 unspecified atom stereocenters. The van der Waals surface area contributed by atoms with Gasteiger partial charge in [0, 0.05) is 112 Å². The van der Waals surface area contributed by atoms with Gasteiger partial charge < -0.3 is 33.1 Å². The Balaban J connectivity index is 0.585. The summed E-state index contributed by atoms with van der Waals surface area (Å²) in [6, 6.07) is 89.2. The number of anilines is 5. The van der Waals surface area contributed by atoms with Gasteiger partial charge in [0.25, 0.3) is 0 Å². The van der Waals surface area contributed by atoms with E-state index in [0.717, 1.165) is 194 Å². The molecule has 0 radical (unpaired) electrons. The number of aromatic nitrogens is 2. The third kappa shape index (κ3) is 14.0. The molecule has 0 aliphatic heterocycles. The molecule has 0 bridgehead atoms. The van der Waals surface area contributed by atoms with Crippen LogP contribution >= 0.6 is 0 Å². The molecule has 4 aromatic heterocycles. The predicted molar refractivity (Wildman–Crippen MR) is 492 cm³/mol. The normalized spacial score (nSPS) is 14.2. The number of hydrogen-bond acceptors (Lipinski definition) is 5. The van der Waals surface area contributed by atoms with E-state index in [0.29, 0.717) is 0 Å². The van der Waals surface area contributed by atoms with Gasteiger partial charge in [-0.2, -0.15) is 0 Å². The van der Waals surface area contributed by atoms with Gasteiger partial charge in [0.1, 0.15) is 22.5 Å². The van der Waals surface area contributed by atoms with Crippen molar-refractivity contribution in [3.8, 4) is 39.1 Å². The molecule has 0 saturated heterocycles. The Labute approximate surface area is 672 Å². The molecular weight excluding hydrogens is 1400 g/mol. The van der Waals surface area contributed by atoms with Gasteiger partial charge in [-0.1, -0.05) is 258 Å². The second kappa shape index (κ2) is 31.6. The highest BCUT2D eigenvalue weighted by Crippen LogP contribution is 2.44. The number of aryl methyl sites for hydroxylation is 1. The Kier molecular flexibility index (Phi) is 19.8. The van der Waals surface area contributed by atoms with Crippen molar-refractivity contribution in [3.63, 3.8) is 0 Å². The van der Waals surface area contributed by atoms with Gasteiger partial charge >= 0.3 is 0 Å². The monoisotopic (exact) mass is 1480 g/mol. The first-order valence-corrected chi connectivity index (χ1v) is 39.4. The molecule has 0 spiro atoms. The van der Waals surface area contributed by atoms with Gasteiger partial charge in [-0.15, -0.1) is 0 Å². The zero-order valence-corrected chi connectivity index (χ0v) is 64.2. The first kappa shape index (κ1) is 71.9. The van der Waals surface area contributed by atoms with Gasteiger partial charge in [-0.05, 0) is 228 Å². The van der Waals surface area contributed by atoms with Crippen LogP contribution in [0.3, 0.4) is 0 Å². The fourth-order valence-corrected chi connectivity index (χ4v) is 16.8. The van der Waals surface area contributed by atoms with E-state index in [2.05, 4.69) is 373 Å². The average molecular weight is 1480 g/mol. The van der Waals surface area contributed by atoms with Crippen LogP contribution in [0.15, 0.2) is 400 Å². The van der Waals surface area contributed by atoms with Crippen molar-refractivity contribution in [1.29, 1.82) is 0 Å². The summed E-state index contributed by atoms with van der Waals surface area (Å²) < 4.78 is 17.4. The minimum Gasteiger partial charge on any atom is -0.456 e. The summed E-state index contributed by atoms with van der Waals surface area (Å²) in [5.74, 6) is 0.973. The lowest BCUT2D eigenvalue weighted by molar-refractivity contribution is 0.596. The summed E-state index contributed by atoms with van der Waals surface area (Å²) >= 11 is 0. The number of nitrogens with one attached hydrogen (secondary N) is 1. The zero-order valence-electron chi connectivity index (χ0n) is 64.2. The van der Waals surface area contributed by atoms with E-state index in [4.69, 9.17) is 8.83 Å². The third-order valence-corrected chi connectivity index (χ3v) is 22.5. The van der Waals surface area contributed by atoms with Crippen LogP contribution in [0.25, 0.3) is 141 Å². The third-order valence-electron chi connectivity index (χ3n) is 22.5. The minimum absolute atomic E-state index is 0.167. The van der Waals surface area contributed by atoms with Crippen LogP contribution in [0.1, 0.15) is 70.5 Å². The number of nitrogens with zero attached hydrogens (tertiary/aromatic N) is 4. The summed E-state index contributed by atoms with van der Waals surface area (Å²) in [6.07, 6.45) is 46.8. The van der Waals surface area contributed by atoms with Crippen molar-refractivity contribution >= 4 is 130 Å². The van der Waals surface area contributed by atoms with Crippen LogP contribution in [-0.2, 0) is 6.42 Å². The molecule has 11 aromatic carbocycles. The van der Waals surface area contributed by atoms with Crippen molar-refractivity contribution in [2.24, 2.45) is 0 Å². The second-order valence-corrected chi connectivity index (χ2v) is 29.3. The van der Waals surface area contributed by atoms with E-state index < -0.39 is 0 Å². The van der Waals surface area contributed by atoms with Gasteiger partial charge in [-0.3, -0.25) is 0 Å². The maximum atomic E-state index is 6.46. The Bertz CT molecular complexity index is 6660. The Morgan fingerprint density at radius 2 is 1.20 bits per heavy atom. The summed E-state index contributed by atoms with van der Waals surface area (Å²) in [6.45, 7) is 25.5. The van der Waals surface area contributed by atoms with E-state index in [1.54, 1.807) is 12.2 Å². The fraction of sp³-hybridized carbons (Fsp3) is 0.0556. The molecule has 7 heteroatoms. The summed E-state index contributed by atoms with van der Waals surface area (Å²) in [4.78, 5) is 4.73. The van der Waals surface area contributed by atoms with E-state index in [9.17, 15) is 0 Å². The van der Waals surface area contributed by atoms with Crippen molar-refractivity contribution in [1.82, 2.24) is 9.13 Å². The minimum atomic E-state index is 0.167. The molecule has 115 heavy (non-hydrogen) atoms. The van der Waals surface area contributed by atoms with Crippen LogP contribution < -0.4 is 15.1 Å². The molecule has 0 fully saturated rings. The topological polar surface area (TPSA) is 54.7 Å². The number of fused-ring (bicyclic) bond motifs is 8. The molecular formula is C108H85N5O2. The Morgan fingerprint density at radius 1 is 0.530 bits per heavy atom. The van der Waals surface area contributed by atoms with Crippen LogP contribution in [0, 0.1) is 0 Å². The van der Waals surface area contributed by atoms with Gasteiger partial charge in [-0.25, -0.2) is 0 Å². The van der Waals surface area contributed by atoms with E-state index in [1.165, 1.54) is 33.2 Å². The Hall–Kier alpha value is -14.7. The second-order valence-electron chi connectivity index (χ2n) is 29.3. The molecule has 7 nitrogen and oxygen atoms in total. The molecule has 554 valence electrons. The lowest BCUT2D eigenvalue weighted by atomic mass is 9.92. The first-order chi connectivity index (χ1) is 56.7. The molecule has 3 aliphatic carbocycles. The molecule has 1 N–H and O–H groups in total. The predicted octanol–water partition coefficient (Wildman–Crippen LogP) is 29.5. The van der Waals surface area contributed by atoms with Crippen molar-refractivity contribution < 1.29 is 8.83 Å². The molecule has 0 saturated carbocycles. The van der Waals surface area contributed by atoms with Crippen molar-refractivity contribution in [2.75, 3.05) is 15.1 Å². The smallest absolute Gasteiger partial charge is 0.143 e. The fourth-order valence-electron chi connectivity index (χ4n) is 16.8. The van der Waals surface area contributed by atoms with Gasteiger partial charge in [0.2, 0.25) is 0 Å². The molecule has 0 amide bonds. The molecule has 4 heterocycles. The zero-order chi connectivity index (χ0) is 77.9. The summed E-state index contributed by atoms with van der Waals surface area (Å²) in [7, 11) is 0. The molecule has 1 atom stereocenters. The lowest BCUT2D eigenvalue weighted by Gasteiger charge is -2.36. The van der Waals surface area contributed by atoms with Crippen molar-refractivity contribution in [3.05, 3.63) is 436 Å². The standard InChI is InChI=1S/C108H85N5O2/c1-7-12-26-73(6)111-102(11-5)95(66-41-74-39-42-79(43-40-74)93-33-23-35-98-96-31-19-21-37-105(96)114-107(93)98)101-71-82(53-68-104(101)111)78-48-58-89(59-49-78)112(86(10-4)25-8-2)91-62-54-84(55-63-91)109-85-56-64-92(65-57-85)113(88-29-17-14-18-30-88)90-60-50-77(51-61-90)81-52-67-103-100(70-81)83(72-110(103)87-27-15-13-16-28-87)69-75(9-3)76-44-46-80(47-45-76)94-34-24-36-99-97-32-20-22-38-106(97)115-108(94)99/h7-18,20-29,32-50,52-60,62-72,88,109H,1-6,19,30-31,51,61H2/b26-12-,66-41+,75-69+,86-25+. The number of furan rings is 2. The SMILES string of the molecule is C=C/C=C\C(=C)n1c(C=C)c(/C=C/c2ccc(-c3cccc4c5c(oc34)C=CCC5)cc2)c2cc(-c3ccc(N(/C(C=C)=C/C=C)c4ccc(Nc5ccc(N(C6=CC=C(c7ccc8c(c7)c(/C=C(\C=C)c7ccc(-c9cccc%10c9oc9ccccc9%10)cc7)cn8-c7ccccc7)CC6)C6C=CC=CC6)cc5)cc4)cc3)ccc21. The molecule has 18 rings (SSSR count). The van der Waals surface area contributed by atoms with E-state index >= 15 is 0 Å². The maximum absolute atomic E-state index is 6.46. The maximum Gasteiger partial charge on any atom is 0.143 e. The summed E-state index contributed by atoms with van der Waals surface area (Å²) in [5, 5.41) is 9.42. The highest BCUT2D eigenvalue weighted by molar-refractivity contribution is 6.10. The van der Waals surface area contributed by atoms with Gasteiger partial charge in [0.15, 0.2) is 0 Å². The number of benzene rings is 11. The lowest BCUT2D eigenvalue weighted by Crippen LogP contribution is -2.34. The summed E-state index contributed by atoms with van der Waals surface area (Å²) in [5.41, 5.74) is 30.7. The van der Waals surface area contributed by atoms with Crippen LogP contribution in [0.5, 0.6) is 0 Å². The molecule has 15 aromatic rings. The highest BCUT2D eigenvalue weighted by atomic mass is 16.3. The van der Waals surface area contributed by atoms with Crippen molar-refractivity contribution in [2.45, 2.75) is 38.1 Å². The first-order valence-electron chi connectivity index (χ1n) is 39.4. The van der Waals surface area contributed by atoms with Crippen LogP contribution in [0.2, 0.25) is 0 Å². The molecule has 3 aliphatic rings. The van der Waals surface area contributed by atoms with Crippen LogP contribution in [-0.4, -0.2) is 15.2 Å². The van der Waals surface area contributed by atoms with E-state index in [1.807, 2.05) is 48.6 Å². The number of para-hydroxylation sites is 4. The van der Waals surface area contributed by atoms with Gasteiger partial charge in [0.05, 0.1) is 22.8 Å². The number of allylic oxidation sites excluding steroid dienone is 16. The number of hydrogen-bond donors (Lipinski definition) is 1. The quantitative estimate of drug-likeness (QED) is 0.0611. The van der Waals surface area contributed by atoms with Crippen LogP contribution in [0.4, 0.5) is 28.4 Å². The van der Waals surface area contributed by atoms with E-state index in [-0.39, 0.29) is 6.04 Å². The number of rotatable bonds is 24.